The molecule has 0 saturated carbocycles. The van der Waals surface area contributed by atoms with Gasteiger partial charge in [-0.15, -0.1) is 18.0 Å². The van der Waals surface area contributed by atoms with Gasteiger partial charge >= 0.3 is 0 Å². The number of hydrogen-bond acceptors (Lipinski definition) is 1. The maximum absolute atomic E-state index is 10.5. The van der Waals surface area contributed by atoms with Crippen molar-refractivity contribution in [3.63, 3.8) is 0 Å². The van der Waals surface area contributed by atoms with Gasteiger partial charge in [0.15, 0.2) is 0 Å². The third-order valence-corrected chi connectivity index (χ3v) is 1.38. The van der Waals surface area contributed by atoms with Crippen LogP contribution in [0.3, 0.4) is 0 Å². The van der Waals surface area contributed by atoms with Crippen LogP contribution in [0.1, 0.15) is 26.2 Å². The van der Waals surface area contributed by atoms with E-state index < -0.39 is 0 Å². The Kier molecular flexibility index (Phi) is 5.06. The van der Waals surface area contributed by atoms with Gasteiger partial charge in [0.25, 0.3) is 0 Å². The fraction of sp³-hybridized carbons (Fsp3) is 0.625. The summed E-state index contributed by atoms with van der Waals surface area (Å²) in [5, 5.41) is 0.144. The first-order chi connectivity index (χ1) is 4.66. The first kappa shape index (κ1) is 9.52. The van der Waals surface area contributed by atoms with E-state index in [1.165, 1.54) is 0 Å². The topological polar surface area (TPSA) is 17.1 Å². The quantitative estimate of drug-likeness (QED) is 0.348. The van der Waals surface area contributed by atoms with Crippen molar-refractivity contribution >= 4 is 17.4 Å². The molecule has 0 saturated heterocycles. The van der Waals surface area contributed by atoms with E-state index in [1.807, 2.05) is 6.92 Å². The van der Waals surface area contributed by atoms with E-state index in [1.54, 1.807) is 0 Å². The molecule has 0 spiro atoms. The standard InChI is InChI=1S/C8H11ClO/c1-3-8(10)6-4-5-7(2)9/h1,7H,4-6H2,2H3. The van der Waals surface area contributed by atoms with Gasteiger partial charge in [0.2, 0.25) is 5.78 Å². The zero-order valence-corrected chi connectivity index (χ0v) is 6.82. The van der Waals surface area contributed by atoms with Crippen molar-refractivity contribution in [2.24, 2.45) is 0 Å². The highest BCUT2D eigenvalue weighted by molar-refractivity contribution is 6.20. The largest absolute Gasteiger partial charge is 0.285 e. The molecule has 0 radical (unpaired) electrons. The lowest BCUT2D eigenvalue weighted by molar-refractivity contribution is -0.113. The van der Waals surface area contributed by atoms with Gasteiger partial charge in [0.05, 0.1) is 0 Å². The zero-order chi connectivity index (χ0) is 7.98. The Balaban J connectivity index is 3.22. The number of carbonyl (C=O) groups excluding carboxylic acids is 1. The summed E-state index contributed by atoms with van der Waals surface area (Å²) in [5.41, 5.74) is 0. The van der Waals surface area contributed by atoms with Gasteiger partial charge in [-0.05, 0) is 25.7 Å². The van der Waals surface area contributed by atoms with Crippen molar-refractivity contribution in [1.82, 2.24) is 0 Å². The van der Waals surface area contributed by atoms with Gasteiger partial charge in [-0.3, -0.25) is 4.79 Å². The SMILES string of the molecule is C#CC(=O)CCCC(C)Cl. The van der Waals surface area contributed by atoms with Crippen LogP contribution >= 0.6 is 11.6 Å². The highest BCUT2D eigenvalue weighted by Gasteiger charge is 1.99. The zero-order valence-electron chi connectivity index (χ0n) is 6.06. The van der Waals surface area contributed by atoms with E-state index in [0.717, 1.165) is 12.8 Å². The fourth-order valence-corrected chi connectivity index (χ4v) is 0.770. The molecule has 0 aromatic rings. The van der Waals surface area contributed by atoms with Crippen LogP contribution in [0.25, 0.3) is 0 Å². The predicted octanol–water partition coefficient (Wildman–Crippen LogP) is 1.99. The third-order valence-electron chi connectivity index (χ3n) is 1.17. The van der Waals surface area contributed by atoms with Crippen LogP contribution in [-0.2, 0) is 4.79 Å². The molecule has 0 rings (SSSR count). The maximum atomic E-state index is 10.5. The van der Waals surface area contributed by atoms with Crippen molar-refractivity contribution in [3.8, 4) is 12.3 Å². The summed E-state index contributed by atoms with van der Waals surface area (Å²) < 4.78 is 0. The summed E-state index contributed by atoms with van der Waals surface area (Å²) in [7, 11) is 0. The predicted molar refractivity (Wildman–Crippen MR) is 43.0 cm³/mol. The molecule has 0 fully saturated rings. The summed E-state index contributed by atoms with van der Waals surface area (Å²) in [6, 6.07) is 0. The molecule has 2 heteroatoms. The number of ketones is 1. The Labute approximate surface area is 66.8 Å². The first-order valence-electron chi connectivity index (χ1n) is 3.30. The molecular weight excluding hydrogens is 148 g/mol. The normalized spacial score (nSPS) is 12.1. The molecule has 1 unspecified atom stereocenters. The molecule has 56 valence electrons. The molecule has 0 aliphatic heterocycles. The lowest BCUT2D eigenvalue weighted by Crippen LogP contribution is -1.96. The number of Topliss-reactive ketones (excluding diaryl/α,β-unsaturated/α-hetero) is 1. The van der Waals surface area contributed by atoms with Crippen LogP contribution in [0, 0.1) is 12.3 Å². The first-order valence-corrected chi connectivity index (χ1v) is 3.74. The molecular formula is C8H11ClO. The van der Waals surface area contributed by atoms with Gasteiger partial charge in [-0.25, -0.2) is 0 Å². The molecule has 0 bridgehead atoms. The number of terminal acetylenes is 1. The van der Waals surface area contributed by atoms with Crippen molar-refractivity contribution in [2.45, 2.75) is 31.6 Å². The molecule has 10 heavy (non-hydrogen) atoms. The summed E-state index contributed by atoms with van der Waals surface area (Å²) in [4.78, 5) is 10.5. The number of rotatable bonds is 4. The fourth-order valence-electron chi connectivity index (χ4n) is 0.616. The second-order valence-electron chi connectivity index (χ2n) is 2.24. The molecule has 0 amide bonds. The highest BCUT2D eigenvalue weighted by Crippen LogP contribution is 2.05. The number of alkyl halides is 1. The Bertz CT molecular complexity index is 144. The minimum absolute atomic E-state index is 0.127. The Hall–Kier alpha value is -0.480. The van der Waals surface area contributed by atoms with E-state index in [2.05, 4.69) is 5.92 Å². The number of halogens is 1. The van der Waals surface area contributed by atoms with E-state index in [-0.39, 0.29) is 11.2 Å². The van der Waals surface area contributed by atoms with Crippen LogP contribution in [0.5, 0.6) is 0 Å². The van der Waals surface area contributed by atoms with Crippen molar-refractivity contribution in [3.05, 3.63) is 0 Å². The van der Waals surface area contributed by atoms with E-state index >= 15 is 0 Å². The van der Waals surface area contributed by atoms with E-state index in [9.17, 15) is 4.79 Å². The van der Waals surface area contributed by atoms with Crippen molar-refractivity contribution in [2.75, 3.05) is 0 Å². The average molecular weight is 159 g/mol. The van der Waals surface area contributed by atoms with Crippen molar-refractivity contribution in [1.29, 1.82) is 0 Å². The molecule has 1 atom stereocenters. The maximum Gasteiger partial charge on any atom is 0.205 e. The van der Waals surface area contributed by atoms with Gasteiger partial charge in [0.1, 0.15) is 0 Å². The number of carbonyl (C=O) groups is 1. The Morgan fingerprint density at radius 2 is 2.40 bits per heavy atom. The van der Waals surface area contributed by atoms with Gasteiger partial charge in [-0.1, -0.05) is 0 Å². The van der Waals surface area contributed by atoms with Crippen LogP contribution in [-0.4, -0.2) is 11.2 Å². The lowest BCUT2D eigenvalue weighted by atomic mass is 10.1. The van der Waals surface area contributed by atoms with Crippen molar-refractivity contribution < 1.29 is 4.79 Å². The van der Waals surface area contributed by atoms with Gasteiger partial charge in [-0.2, -0.15) is 0 Å². The summed E-state index contributed by atoms with van der Waals surface area (Å²) in [6.45, 7) is 1.90. The minimum atomic E-state index is -0.127. The summed E-state index contributed by atoms with van der Waals surface area (Å²) in [5.74, 6) is 1.93. The number of hydrogen-bond donors (Lipinski definition) is 0. The smallest absolute Gasteiger partial charge is 0.205 e. The molecule has 1 nitrogen and oxygen atoms in total. The minimum Gasteiger partial charge on any atom is -0.285 e. The van der Waals surface area contributed by atoms with E-state index in [4.69, 9.17) is 18.0 Å². The molecule has 0 aromatic carbocycles. The van der Waals surface area contributed by atoms with Crippen LogP contribution in [0.2, 0.25) is 0 Å². The summed E-state index contributed by atoms with van der Waals surface area (Å²) in [6.07, 6.45) is 6.98. The molecule has 0 aliphatic rings. The second-order valence-corrected chi connectivity index (χ2v) is 2.99. The second kappa shape index (κ2) is 5.32. The van der Waals surface area contributed by atoms with Gasteiger partial charge < -0.3 is 0 Å². The highest BCUT2D eigenvalue weighted by atomic mass is 35.5. The van der Waals surface area contributed by atoms with Crippen LogP contribution in [0.4, 0.5) is 0 Å². The Morgan fingerprint density at radius 3 is 2.80 bits per heavy atom. The molecule has 0 heterocycles. The average Bonchev–Trinajstić information content (AvgIpc) is 1.87. The molecule has 0 N–H and O–H groups in total. The van der Waals surface area contributed by atoms with E-state index in [0.29, 0.717) is 6.42 Å². The Morgan fingerprint density at radius 1 is 1.80 bits per heavy atom. The monoisotopic (exact) mass is 158 g/mol. The van der Waals surface area contributed by atoms with Crippen LogP contribution < -0.4 is 0 Å². The third kappa shape index (κ3) is 5.65. The summed E-state index contributed by atoms with van der Waals surface area (Å²) >= 11 is 5.64. The van der Waals surface area contributed by atoms with Crippen LogP contribution in [0.15, 0.2) is 0 Å². The van der Waals surface area contributed by atoms with Gasteiger partial charge in [0, 0.05) is 11.8 Å². The molecule has 0 aromatic heterocycles. The lowest BCUT2D eigenvalue weighted by Gasteiger charge is -1.98. The molecule has 0 aliphatic carbocycles.